The summed E-state index contributed by atoms with van der Waals surface area (Å²) in [7, 11) is -0.331. The quantitative estimate of drug-likeness (QED) is 0.464. The number of hydroxylamine groups is 1. The zero-order valence-electron chi connectivity index (χ0n) is 16.1. The van der Waals surface area contributed by atoms with E-state index in [4.69, 9.17) is 14.3 Å². The van der Waals surface area contributed by atoms with E-state index in [1.54, 1.807) is 0 Å². The minimum Gasteiger partial charge on any atom is -0.495 e. The molecule has 1 amide bonds. The summed E-state index contributed by atoms with van der Waals surface area (Å²) in [6.07, 6.45) is 1.73. The molecule has 0 saturated carbocycles. The van der Waals surface area contributed by atoms with Gasteiger partial charge in [0.1, 0.15) is 10.6 Å². The van der Waals surface area contributed by atoms with E-state index in [-0.39, 0.29) is 22.3 Å². The predicted molar refractivity (Wildman–Crippen MR) is 97.7 cm³/mol. The molecule has 9 nitrogen and oxygen atoms in total. The van der Waals surface area contributed by atoms with Crippen LogP contribution < -0.4 is 10.1 Å². The number of carbonyl (C=O) groups is 2. The number of nitrogens with zero attached hydrogens (tertiary/aromatic N) is 1. The molecule has 27 heavy (non-hydrogen) atoms. The molecule has 1 rings (SSSR count). The second-order valence-corrected chi connectivity index (χ2v) is 7.70. The Hall–Kier alpha value is -2.17. The fourth-order valence-corrected chi connectivity index (χ4v) is 3.43. The Balaban J connectivity index is 2.93. The largest absolute Gasteiger partial charge is 0.495 e. The van der Waals surface area contributed by atoms with Gasteiger partial charge in [-0.05, 0) is 31.5 Å². The van der Waals surface area contributed by atoms with Crippen molar-refractivity contribution in [3.63, 3.8) is 0 Å². The van der Waals surface area contributed by atoms with Crippen LogP contribution in [0.4, 0.5) is 0 Å². The van der Waals surface area contributed by atoms with Gasteiger partial charge in [0.15, 0.2) is 6.61 Å². The molecule has 10 heteroatoms. The molecule has 0 aromatic heterocycles. The van der Waals surface area contributed by atoms with Crippen molar-refractivity contribution in [2.75, 3.05) is 27.9 Å². The standard InChI is InChI=1S/C17H26N2O7S/c1-6-7-12(2)18-16(20)11-26-17(21)13-8-9-14(24-4)15(10-13)27(22,23)19(3)25-5/h8-10,12H,6-7,11H2,1-5H3,(H,18,20)/t12-/m0/s1. The highest BCUT2D eigenvalue weighted by Crippen LogP contribution is 2.27. The van der Waals surface area contributed by atoms with Gasteiger partial charge in [0, 0.05) is 13.1 Å². The first kappa shape index (κ1) is 22.9. The summed E-state index contributed by atoms with van der Waals surface area (Å²) >= 11 is 0. The SMILES string of the molecule is CCC[C@H](C)NC(=O)COC(=O)c1ccc(OC)c(S(=O)(=O)N(C)OC)c1. The topological polar surface area (TPSA) is 111 Å². The average Bonchev–Trinajstić information content (AvgIpc) is 2.64. The second-order valence-electron chi connectivity index (χ2n) is 5.80. The first-order chi connectivity index (χ1) is 12.7. The third-order valence-electron chi connectivity index (χ3n) is 3.74. The first-order valence-electron chi connectivity index (χ1n) is 8.34. The molecular formula is C17H26N2O7S. The van der Waals surface area contributed by atoms with Crippen molar-refractivity contribution in [1.82, 2.24) is 9.79 Å². The molecule has 0 saturated heterocycles. The molecule has 1 aromatic carbocycles. The highest BCUT2D eigenvalue weighted by atomic mass is 32.2. The number of ether oxygens (including phenoxy) is 2. The maximum Gasteiger partial charge on any atom is 0.338 e. The van der Waals surface area contributed by atoms with Gasteiger partial charge in [-0.2, -0.15) is 0 Å². The van der Waals surface area contributed by atoms with Crippen LogP contribution in [0, 0.1) is 0 Å². The minimum absolute atomic E-state index is 0.0245. The molecule has 0 bridgehead atoms. The van der Waals surface area contributed by atoms with Crippen LogP contribution in [-0.4, -0.2) is 58.7 Å². The smallest absolute Gasteiger partial charge is 0.338 e. The Bertz CT molecular complexity index is 765. The highest BCUT2D eigenvalue weighted by molar-refractivity contribution is 7.89. The van der Waals surface area contributed by atoms with E-state index in [2.05, 4.69) is 5.32 Å². The Morgan fingerprint density at radius 1 is 1.26 bits per heavy atom. The van der Waals surface area contributed by atoms with Crippen LogP contribution in [-0.2, 0) is 24.4 Å². The number of amides is 1. The molecule has 0 aliphatic heterocycles. The molecule has 1 aromatic rings. The average molecular weight is 402 g/mol. The normalized spacial score (nSPS) is 12.5. The fraction of sp³-hybridized carbons (Fsp3) is 0.529. The Kier molecular flexibility index (Phi) is 8.67. The van der Waals surface area contributed by atoms with Crippen LogP contribution in [0.5, 0.6) is 5.75 Å². The fourth-order valence-electron chi connectivity index (χ4n) is 2.28. The van der Waals surface area contributed by atoms with E-state index in [0.29, 0.717) is 4.47 Å². The molecule has 1 atom stereocenters. The summed E-state index contributed by atoms with van der Waals surface area (Å²) in [5.41, 5.74) is -0.0340. The van der Waals surface area contributed by atoms with Crippen molar-refractivity contribution in [2.45, 2.75) is 37.6 Å². The lowest BCUT2D eigenvalue weighted by Gasteiger charge is -2.17. The number of sulfonamides is 1. The van der Waals surface area contributed by atoms with Gasteiger partial charge in [-0.25, -0.2) is 13.2 Å². The molecule has 0 spiro atoms. The lowest BCUT2D eigenvalue weighted by molar-refractivity contribution is -0.124. The lowest BCUT2D eigenvalue weighted by atomic mass is 10.2. The zero-order valence-corrected chi connectivity index (χ0v) is 17.0. The van der Waals surface area contributed by atoms with Gasteiger partial charge in [0.2, 0.25) is 0 Å². The molecule has 152 valence electrons. The van der Waals surface area contributed by atoms with Crippen LogP contribution in [0.25, 0.3) is 0 Å². The number of carbonyl (C=O) groups excluding carboxylic acids is 2. The molecule has 0 aliphatic rings. The molecule has 0 unspecified atom stereocenters. The van der Waals surface area contributed by atoms with E-state index in [1.807, 2.05) is 13.8 Å². The van der Waals surface area contributed by atoms with Crippen molar-refractivity contribution in [3.05, 3.63) is 23.8 Å². The number of esters is 1. The number of rotatable bonds is 10. The maximum absolute atomic E-state index is 12.5. The predicted octanol–water partition coefficient (Wildman–Crippen LogP) is 1.34. The molecular weight excluding hydrogens is 376 g/mol. The third kappa shape index (κ3) is 6.19. The van der Waals surface area contributed by atoms with Crippen LogP contribution in [0.2, 0.25) is 0 Å². The van der Waals surface area contributed by atoms with Gasteiger partial charge in [-0.1, -0.05) is 17.8 Å². The van der Waals surface area contributed by atoms with Gasteiger partial charge in [0.05, 0.1) is 19.8 Å². The minimum atomic E-state index is -4.04. The summed E-state index contributed by atoms with van der Waals surface area (Å²) < 4.78 is 35.6. The Labute approximate surface area is 159 Å². The summed E-state index contributed by atoms with van der Waals surface area (Å²) in [6.45, 7) is 3.40. The first-order valence-corrected chi connectivity index (χ1v) is 9.78. The number of hydrogen-bond donors (Lipinski definition) is 1. The van der Waals surface area contributed by atoms with Crippen LogP contribution in [0.3, 0.4) is 0 Å². The van der Waals surface area contributed by atoms with Crippen LogP contribution in [0.15, 0.2) is 23.1 Å². The summed E-state index contributed by atoms with van der Waals surface area (Å²) in [5.74, 6) is -1.21. The van der Waals surface area contributed by atoms with Crippen molar-refractivity contribution >= 4 is 21.9 Å². The zero-order chi connectivity index (χ0) is 20.6. The monoisotopic (exact) mass is 402 g/mol. The van der Waals surface area contributed by atoms with Gasteiger partial charge < -0.3 is 14.8 Å². The van der Waals surface area contributed by atoms with Crippen molar-refractivity contribution < 1.29 is 32.3 Å². The van der Waals surface area contributed by atoms with E-state index in [9.17, 15) is 18.0 Å². The van der Waals surface area contributed by atoms with E-state index in [0.717, 1.165) is 18.9 Å². The molecule has 0 heterocycles. The lowest BCUT2D eigenvalue weighted by Crippen LogP contribution is -2.35. The van der Waals surface area contributed by atoms with Crippen molar-refractivity contribution in [2.24, 2.45) is 0 Å². The van der Waals surface area contributed by atoms with Crippen LogP contribution >= 0.6 is 0 Å². The molecule has 0 radical (unpaired) electrons. The number of nitrogens with one attached hydrogen (secondary N) is 1. The van der Waals surface area contributed by atoms with E-state index in [1.165, 1.54) is 33.4 Å². The summed E-state index contributed by atoms with van der Waals surface area (Å²) in [6, 6.07) is 3.77. The molecule has 0 aliphatic carbocycles. The van der Waals surface area contributed by atoms with E-state index < -0.39 is 28.5 Å². The van der Waals surface area contributed by atoms with Crippen molar-refractivity contribution in [3.8, 4) is 5.75 Å². The number of methoxy groups -OCH3 is 1. The second kappa shape index (κ2) is 10.2. The summed E-state index contributed by atoms with van der Waals surface area (Å²) in [5, 5.41) is 2.71. The van der Waals surface area contributed by atoms with Gasteiger partial charge >= 0.3 is 5.97 Å². The van der Waals surface area contributed by atoms with Gasteiger partial charge in [-0.15, -0.1) is 0 Å². The van der Waals surface area contributed by atoms with Gasteiger partial charge in [-0.3, -0.25) is 9.63 Å². The van der Waals surface area contributed by atoms with Crippen LogP contribution in [0.1, 0.15) is 37.0 Å². The summed E-state index contributed by atoms with van der Waals surface area (Å²) in [4.78, 5) is 28.5. The maximum atomic E-state index is 12.5. The number of benzene rings is 1. The number of hydrogen-bond acceptors (Lipinski definition) is 7. The highest BCUT2D eigenvalue weighted by Gasteiger charge is 2.27. The Morgan fingerprint density at radius 3 is 2.48 bits per heavy atom. The van der Waals surface area contributed by atoms with E-state index >= 15 is 0 Å². The van der Waals surface area contributed by atoms with Crippen molar-refractivity contribution in [1.29, 1.82) is 0 Å². The third-order valence-corrected chi connectivity index (χ3v) is 5.44. The molecule has 0 fully saturated rings. The Morgan fingerprint density at radius 2 is 1.93 bits per heavy atom. The molecule has 1 N–H and O–H groups in total. The van der Waals surface area contributed by atoms with Gasteiger partial charge in [0.25, 0.3) is 15.9 Å².